The van der Waals surface area contributed by atoms with Crippen LogP contribution in [-0.4, -0.2) is 0 Å². The Morgan fingerprint density at radius 1 is 0.900 bits per heavy atom. The van der Waals surface area contributed by atoms with Gasteiger partial charge in [0.15, 0.2) is 0 Å². The van der Waals surface area contributed by atoms with E-state index in [1.54, 1.807) is 0 Å². The average Bonchev–Trinajstić information content (AvgIpc) is 2.75. The third-order valence-corrected chi connectivity index (χ3v) is 3.55. The molecular formula is C17H17Cl2Zr. The van der Waals surface area contributed by atoms with Crippen molar-refractivity contribution in [3.05, 3.63) is 54.1 Å². The molecule has 0 fully saturated rings. The maximum atomic E-state index is 2.34. The summed E-state index contributed by atoms with van der Waals surface area (Å²) in [6.45, 7) is 2.25. The van der Waals surface area contributed by atoms with E-state index in [1.807, 2.05) is 0 Å². The molecular weight excluding hydrogens is 366 g/mol. The Morgan fingerprint density at radius 3 is 2.35 bits per heavy atom. The van der Waals surface area contributed by atoms with Gasteiger partial charge in [-0.25, -0.2) is 0 Å². The van der Waals surface area contributed by atoms with E-state index in [0.29, 0.717) is 0 Å². The molecule has 0 spiro atoms. The van der Waals surface area contributed by atoms with Crippen LogP contribution < -0.4 is 24.8 Å². The van der Waals surface area contributed by atoms with E-state index in [9.17, 15) is 0 Å². The zero-order chi connectivity index (χ0) is 11.7. The fraction of sp³-hybridized carbons (Fsp3) is 0.235. The smallest absolute Gasteiger partial charge is 1.00 e. The predicted octanol–water partition coefficient (Wildman–Crippen LogP) is -0.940. The van der Waals surface area contributed by atoms with Crippen molar-refractivity contribution in [1.82, 2.24) is 0 Å². The molecule has 0 saturated heterocycles. The van der Waals surface area contributed by atoms with Crippen molar-refractivity contribution in [2.45, 2.75) is 26.2 Å². The minimum absolute atomic E-state index is 0. The minimum Gasteiger partial charge on any atom is -1.00 e. The number of rotatable bonds is 3. The van der Waals surface area contributed by atoms with E-state index < -0.39 is 0 Å². The molecule has 0 aromatic heterocycles. The molecule has 0 aliphatic carbocycles. The molecule has 0 N–H and O–H groups in total. The van der Waals surface area contributed by atoms with Gasteiger partial charge in [-0.15, -0.1) is 39.2 Å². The quantitative estimate of drug-likeness (QED) is 0.513. The van der Waals surface area contributed by atoms with Crippen LogP contribution in [0.5, 0.6) is 0 Å². The van der Waals surface area contributed by atoms with Crippen LogP contribution in [0.1, 0.15) is 25.3 Å². The molecule has 0 atom stereocenters. The summed E-state index contributed by atoms with van der Waals surface area (Å²) in [5, 5.41) is 5.61. The molecule has 0 aliphatic rings. The van der Waals surface area contributed by atoms with Crippen molar-refractivity contribution < 1.29 is 51.0 Å². The normalized spacial score (nSPS) is 9.65. The van der Waals surface area contributed by atoms with Gasteiger partial charge in [0.1, 0.15) is 0 Å². The Kier molecular flexibility index (Phi) is 8.83. The number of hydrogen-bond donors (Lipinski definition) is 0. The summed E-state index contributed by atoms with van der Waals surface area (Å²) in [6, 6.07) is 17.7. The van der Waals surface area contributed by atoms with Crippen LogP contribution in [0.3, 0.4) is 0 Å². The number of fused-ring (bicyclic) bond motifs is 3. The number of halogens is 2. The standard InChI is InChI=1S/C17H17.2ClH.Zr/c1-2-3-7-13-9-6-11-16-15-10-5-4-8-14(15)12-17(13)16;;;/h4-6,8-12H,2-3,7H2,1H3;2*1H;/q-1;;;+3/p-2. The summed E-state index contributed by atoms with van der Waals surface area (Å²) < 4.78 is 0. The van der Waals surface area contributed by atoms with Crippen LogP contribution >= 0.6 is 0 Å². The maximum Gasteiger partial charge on any atom is 3.00 e. The Labute approximate surface area is 152 Å². The molecule has 0 nitrogen and oxygen atoms in total. The van der Waals surface area contributed by atoms with E-state index in [0.717, 1.165) is 0 Å². The van der Waals surface area contributed by atoms with Gasteiger partial charge in [0.05, 0.1) is 0 Å². The van der Waals surface area contributed by atoms with Gasteiger partial charge in [-0.1, -0.05) is 62.6 Å². The molecule has 0 amide bonds. The van der Waals surface area contributed by atoms with Crippen LogP contribution in [0, 0.1) is 0 Å². The van der Waals surface area contributed by atoms with Crippen molar-refractivity contribution in [3.63, 3.8) is 0 Å². The van der Waals surface area contributed by atoms with Crippen molar-refractivity contribution in [2.75, 3.05) is 0 Å². The van der Waals surface area contributed by atoms with Crippen molar-refractivity contribution >= 4 is 21.5 Å². The average molecular weight is 383 g/mol. The van der Waals surface area contributed by atoms with Gasteiger partial charge in [-0.2, -0.15) is 0 Å². The van der Waals surface area contributed by atoms with Crippen molar-refractivity contribution in [1.29, 1.82) is 0 Å². The number of unbranched alkanes of at least 4 members (excludes halogenated alkanes) is 1. The van der Waals surface area contributed by atoms with Crippen LogP contribution in [0.2, 0.25) is 0 Å². The molecule has 0 heterocycles. The molecule has 3 rings (SSSR count). The van der Waals surface area contributed by atoms with Gasteiger partial charge in [0, 0.05) is 0 Å². The van der Waals surface area contributed by atoms with E-state index in [2.05, 4.69) is 55.5 Å². The van der Waals surface area contributed by atoms with E-state index in [4.69, 9.17) is 0 Å². The summed E-state index contributed by atoms with van der Waals surface area (Å²) in [5.41, 5.74) is 1.50. The Morgan fingerprint density at radius 2 is 1.60 bits per heavy atom. The van der Waals surface area contributed by atoms with E-state index in [-0.39, 0.29) is 51.0 Å². The zero-order valence-electron chi connectivity index (χ0n) is 11.5. The van der Waals surface area contributed by atoms with Gasteiger partial charge in [0.25, 0.3) is 0 Å². The van der Waals surface area contributed by atoms with Crippen LogP contribution in [0.25, 0.3) is 21.5 Å². The second kappa shape index (κ2) is 8.93. The molecule has 0 saturated carbocycles. The summed E-state index contributed by atoms with van der Waals surface area (Å²) in [4.78, 5) is 0. The predicted molar refractivity (Wildman–Crippen MR) is 75.7 cm³/mol. The maximum absolute atomic E-state index is 2.34. The summed E-state index contributed by atoms with van der Waals surface area (Å²) in [5.74, 6) is 0. The second-order valence-corrected chi connectivity index (χ2v) is 4.71. The summed E-state index contributed by atoms with van der Waals surface area (Å²) >= 11 is 0. The zero-order valence-corrected chi connectivity index (χ0v) is 15.5. The van der Waals surface area contributed by atoms with Crippen molar-refractivity contribution in [2.24, 2.45) is 0 Å². The molecule has 103 valence electrons. The fourth-order valence-electron chi connectivity index (χ4n) is 2.63. The molecule has 3 aromatic carbocycles. The molecule has 0 bridgehead atoms. The Bertz CT molecular complexity index is 658. The van der Waals surface area contributed by atoms with Gasteiger partial charge >= 0.3 is 26.2 Å². The largest absolute Gasteiger partial charge is 3.00 e. The Balaban J connectivity index is 0.00000120. The number of benzene rings is 2. The molecule has 0 aliphatic heterocycles. The summed E-state index contributed by atoms with van der Waals surface area (Å²) in [6.07, 6.45) is 3.74. The van der Waals surface area contributed by atoms with Crippen LogP contribution in [-0.2, 0) is 32.6 Å². The minimum atomic E-state index is 0. The number of hydrogen-bond acceptors (Lipinski definition) is 0. The first-order chi connectivity index (χ1) is 8.40. The van der Waals surface area contributed by atoms with Gasteiger partial charge < -0.3 is 24.8 Å². The second-order valence-electron chi connectivity index (χ2n) is 4.71. The molecule has 0 unspecified atom stereocenters. The monoisotopic (exact) mass is 381 g/mol. The molecule has 3 heteroatoms. The van der Waals surface area contributed by atoms with Gasteiger partial charge in [-0.05, 0) is 0 Å². The van der Waals surface area contributed by atoms with Gasteiger partial charge in [0.2, 0.25) is 0 Å². The van der Waals surface area contributed by atoms with Crippen LogP contribution in [0.15, 0.2) is 48.5 Å². The van der Waals surface area contributed by atoms with Crippen molar-refractivity contribution in [3.8, 4) is 0 Å². The van der Waals surface area contributed by atoms with Crippen LogP contribution in [0.4, 0.5) is 0 Å². The first kappa shape index (κ1) is 19.8. The number of aryl methyl sites for hydroxylation is 1. The summed E-state index contributed by atoms with van der Waals surface area (Å²) in [7, 11) is 0. The van der Waals surface area contributed by atoms with Gasteiger partial charge in [-0.3, -0.25) is 0 Å². The van der Waals surface area contributed by atoms with E-state index >= 15 is 0 Å². The molecule has 3 aromatic rings. The SMILES string of the molecule is CCCCc1cccc2c1[cH-]c1ccccc12.[Cl-].[Cl-].[Zr+3]. The first-order valence-electron chi connectivity index (χ1n) is 6.46. The molecule has 20 heavy (non-hydrogen) atoms. The Hall–Kier alpha value is -0.227. The molecule has 1 radical (unpaired) electrons. The first-order valence-corrected chi connectivity index (χ1v) is 6.46. The topological polar surface area (TPSA) is 0 Å². The third-order valence-electron chi connectivity index (χ3n) is 3.55. The third kappa shape index (κ3) is 3.70. The fourth-order valence-corrected chi connectivity index (χ4v) is 2.63. The van der Waals surface area contributed by atoms with E-state index in [1.165, 1.54) is 46.4 Å².